The molecule has 4 atom stereocenters. The molecule has 0 saturated heterocycles. The Kier molecular flexibility index (Phi) is 0.846. The molecule has 2 fully saturated rings. The van der Waals surface area contributed by atoms with E-state index in [4.69, 9.17) is 0 Å². The van der Waals surface area contributed by atoms with E-state index >= 15 is 0 Å². The van der Waals surface area contributed by atoms with Crippen LogP contribution in [0, 0.1) is 11.8 Å². The second-order valence-corrected chi connectivity index (χ2v) is 3.85. The van der Waals surface area contributed by atoms with Crippen LogP contribution in [0.25, 0.3) is 0 Å². The van der Waals surface area contributed by atoms with Gasteiger partial charge in [0, 0.05) is 0 Å². The number of hydrogen-bond donors (Lipinski definition) is 0. The lowest BCUT2D eigenvalue weighted by Crippen LogP contribution is -2.48. The highest BCUT2D eigenvalue weighted by Gasteiger charge is 2.48. The van der Waals surface area contributed by atoms with E-state index in [-0.39, 0.29) is 0 Å². The molecule has 2 saturated carbocycles. The Bertz CT molecular complexity index is 168. The van der Waals surface area contributed by atoms with Gasteiger partial charge in [0.15, 0.2) is 0 Å². The lowest BCUT2D eigenvalue weighted by Gasteiger charge is -2.49. The molecule has 2 heterocycles. The molecule has 2 aliphatic heterocycles. The minimum Gasteiger partial charge on any atom is -0.190 e. The number of fused-ring (bicyclic) bond motifs is 1. The summed E-state index contributed by atoms with van der Waals surface area (Å²) in [5, 5.41) is 8.61. The highest BCUT2D eigenvalue weighted by atomic mass is 15.2. The average molecular weight is 136 g/mol. The maximum Gasteiger partial charge on any atom is 0.0740 e. The Labute approximate surface area is 60.7 Å². The monoisotopic (exact) mass is 136 g/mol. The van der Waals surface area contributed by atoms with Crippen molar-refractivity contribution < 1.29 is 0 Å². The third-order valence-corrected chi connectivity index (χ3v) is 3.49. The smallest absolute Gasteiger partial charge is 0.0740 e. The predicted molar refractivity (Wildman–Crippen MR) is 37.9 cm³/mol. The van der Waals surface area contributed by atoms with Crippen molar-refractivity contribution in [3.63, 3.8) is 0 Å². The van der Waals surface area contributed by atoms with Crippen molar-refractivity contribution in [1.29, 1.82) is 0 Å². The second kappa shape index (κ2) is 1.60. The summed E-state index contributed by atoms with van der Waals surface area (Å²) >= 11 is 0. The Balaban J connectivity index is 1.98. The van der Waals surface area contributed by atoms with E-state index in [0.717, 1.165) is 11.8 Å². The number of rotatable bonds is 0. The van der Waals surface area contributed by atoms with Gasteiger partial charge >= 0.3 is 0 Å². The number of nitrogens with zero attached hydrogens (tertiary/aromatic N) is 2. The minimum atomic E-state index is 0.642. The summed E-state index contributed by atoms with van der Waals surface area (Å²) in [5.74, 6) is 1.91. The van der Waals surface area contributed by atoms with E-state index in [1.165, 1.54) is 25.7 Å². The van der Waals surface area contributed by atoms with Crippen molar-refractivity contribution in [2.24, 2.45) is 22.1 Å². The first-order valence-corrected chi connectivity index (χ1v) is 4.35. The Morgan fingerprint density at radius 1 is 0.700 bits per heavy atom. The van der Waals surface area contributed by atoms with Crippen LogP contribution in [-0.4, -0.2) is 12.1 Å². The molecule has 2 heteroatoms. The molecule has 0 radical (unpaired) electrons. The fraction of sp³-hybridized carbons (Fsp3) is 1.00. The standard InChI is InChI=1S/C8H12N2/c1-2-6-5(1)7-3-4-8(6)10-9-7/h5-8H,1-4H2/t5-,6+,7-,8+. The van der Waals surface area contributed by atoms with Crippen LogP contribution in [0.1, 0.15) is 25.7 Å². The Morgan fingerprint density at radius 2 is 1.20 bits per heavy atom. The van der Waals surface area contributed by atoms with E-state index in [9.17, 15) is 0 Å². The molecule has 4 rings (SSSR count). The van der Waals surface area contributed by atoms with Crippen molar-refractivity contribution in [1.82, 2.24) is 0 Å². The summed E-state index contributed by atoms with van der Waals surface area (Å²) in [5.41, 5.74) is 0. The summed E-state index contributed by atoms with van der Waals surface area (Å²) in [6, 6.07) is 1.28. The van der Waals surface area contributed by atoms with Gasteiger partial charge in [-0.15, -0.1) is 0 Å². The maximum atomic E-state index is 4.31. The van der Waals surface area contributed by atoms with Crippen LogP contribution in [0.15, 0.2) is 10.2 Å². The van der Waals surface area contributed by atoms with Crippen molar-refractivity contribution in [3.8, 4) is 0 Å². The van der Waals surface area contributed by atoms with E-state index < -0.39 is 0 Å². The summed E-state index contributed by atoms with van der Waals surface area (Å²) in [6.45, 7) is 0. The molecule has 4 aliphatic rings. The van der Waals surface area contributed by atoms with Gasteiger partial charge in [-0.25, -0.2) is 0 Å². The highest BCUT2D eigenvalue weighted by Crippen LogP contribution is 2.50. The van der Waals surface area contributed by atoms with E-state index in [1.54, 1.807) is 0 Å². The van der Waals surface area contributed by atoms with Gasteiger partial charge < -0.3 is 0 Å². The number of hydrogen-bond acceptors (Lipinski definition) is 2. The summed E-state index contributed by atoms with van der Waals surface area (Å²) in [4.78, 5) is 0. The van der Waals surface area contributed by atoms with Gasteiger partial charge in [-0.2, -0.15) is 10.2 Å². The first kappa shape index (κ1) is 5.28. The third kappa shape index (κ3) is 0.468. The largest absolute Gasteiger partial charge is 0.190 e. The quantitative estimate of drug-likeness (QED) is 0.486. The average Bonchev–Trinajstić information content (AvgIpc) is 1.88. The van der Waals surface area contributed by atoms with Gasteiger partial charge in [-0.1, -0.05) is 0 Å². The molecule has 54 valence electrons. The minimum absolute atomic E-state index is 0.642. The van der Waals surface area contributed by atoms with Crippen LogP contribution >= 0.6 is 0 Å². The maximum absolute atomic E-state index is 4.31. The van der Waals surface area contributed by atoms with Crippen molar-refractivity contribution >= 4 is 0 Å². The molecule has 2 bridgehead atoms. The Morgan fingerprint density at radius 3 is 1.40 bits per heavy atom. The van der Waals surface area contributed by atoms with Gasteiger partial charge in [0.05, 0.1) is 12.1 Å². The molecule has 0 aromatic heterocycles. The lowest BCUT2D eigenvalue weighted by molar-refractivity contribution is 0.0421. The SMILES string of the molecule is C1C[C@H]2[C@@H]1[C@H]1CC[C@@H]2N=N1. The first-order valence-electron chi connectivity index (χ1n) is 4.35. The van der Waals surface area contributed by atoms with Crippen molar-refractivity contribution in [3.05, 3.63) is 0 Å². The van der Waals surface area contributed by atoms with Crippen LogP contribution in [0.3, 0.4) is 0 Å². The molecule has 0 unspecified atom stereocenters. The third-order valence-electron chi connectivity index (χ3n) is 3.49. The molecular weight excluding hydrogens is 124 g/mol. The van der Waals surface area contributed by atoms with Gasteiger partial charge in [-0.3, -0.25) is 0 Å². The summed E-state index contributed by atoms with van der Waals surface area (Å²) < 4.78 is 0. The van der Waals surface area contributed by atoms with Crippen LogP contribution in [-0.2, 0) is 0 Å². The van der Waals surface area contributed by atoms with Crippen molar-refractivity contribution in [2.45, 2.75) is 37.8 Å². The summed E-state index contributed by atoms with van der Waals surface area (Å²) in [6.07, 6.45) is 5.53. The molecule has 0 N–H and O–H groups in total. The van der Waals surface area contributed by atoms with Crippen LogP contribution in [0.4, 0.5) is 0 Å². The zero-order chi connectivity index (χ0) is 6.55. The molecular formula is C8H12N2. The van der Waals surface area contributed by atoms with Crippen molar-refractivity contribution in [2.75, 3.05) is 0 Å². The normalized spacial score (nSPS) is 56.0. The molecule has 0 amide bonds. The molecule has 0 aromatic carbocycles. The molecule has 0 aromatic rings. The van der Waals surface area contributed by atoms with Gasteiger partial charge in [0.25, 0.3) is 0 Å². The molecule has 10 heavy (non-hydrogen) atoms. The second-order valence-electron chi connectivity index (χ2n) is 3.85. The first-order chi connectivity index (χ1) is 4.95. The van der Waals surface area contributed by atoms with Gasteiger partial charge in [-0.05, 0) is 37.5 Å². The number of azo groups is 1. The zero-order valence-electron chi connectivity index (χ0n) is 6.03. The molecule has 2 aliphatic carbocycles. The summed E-state index contributed by atoms with van der Waals surface area (Å²) in [7, 11) is 0. The van der Waals surface area contributed by atoms with Crippen LogP contribution in [0.5, 0.6) is 0 Å². The van der Waals surface area contributed by atoms with Crippen LogP contribution < -0.4 is 0 Å². The highest BCUT2D eigenvalue weighted by molar-refractivity contribution is 5.02. The lowest BCUT2D eigenvalue weighted by atomic mass is 9.60. The predicted octanol–water partition coefficient (Wildman–Crippen LogP) is 2.01. The van der Waals surface area contributed by atoms with Gasteiger partial charge in [0.1, 0.15) is 0 Å². The fourth-order valence-corrected chi connectivity index (χ4v) is 2.73. The van der Waals surface area contributed by atoms with Crippen LogP contribution in [0.2, 0.25) is 0 Å². The van der Waals surface area contributed by atoms with Gasteiger partial charge in [0.2, 0.25) is 0 Å². The molecule has 2 nitrogen and oxygen atoms in total. The Hall–Kier alpha value is -0.400. The molecule has 0 spiro atoms. The van der Waals surface area contributed by atoms with E-state index in [0.29, 0.717) is 12.1 Å². The van der Waals surface area contributed by atoms with E-state index in [2.05, 4.69) is 10.2 Å². The van der Waals surface area contributed by atoms with E-state index in [1.807, 2.05) is 0 Å². The zero-order valence-corrected chi connectivity index (χ0v) is 6.03. The topological polar surface area (TPSA) is 24.7 Å². The fourth-order valence-electron chi connectivity index (χ4n) is 2.73.